The number of carboxylic acids is 1. The van der Waals surface area contributed by atoms with Crippen LogP contribution in [0.25, 0.3) is 0 Å². The standard InChI is InChI=1S/C15H18N4O2/c1-10-11(2)17-18-14(13(10)15(20)21)19(3)9-7-12-6-4-5-8-16-12/h4-6,8H,7,9H2,1-3H3,(H,20,21). The lowest BCUT2D eigenvalue weighted by molar-refractivity contribution is 0.0696. The van der Waals surface area contributed by atoms with Crippen molar-refractivity contribution in [1.82, 2.24) is 15.2 Å². The molecule has 1 N–H and O–H groups in total. The zero-order valence-corrected chi connectivity index (χ0v) is 12.4. The summed E-state index contributed by atoms with van der Waals surface area (Å²) in [6.07, 6.45) is 2.46. The number of aromatic carboxylic acids is 1. The van der Waals surface area contributed by atoms with Gasteiger partial charge in [-0.25, -0.2) is 4.79 Å². The van der Waals surface area contributed by atoms with Crippen LogP contribution in [0.2, 0.25) is 0 Å². The van der Waals surface area contributed by atoms with Gasteiger partial charge in [-0.2, -0.15) is 5.10 Å². The SMILES string of the molecule is Cc1nnc(N(C)CCc2ccccn2)c(C(=O)O)c1C. The Labute approximate surface area is 123 Å². The van der Waals surface area contributed by atoms with Crippen molar-refractivity contribution in [2.24, 2.45) is 0 Å². The molecular formula is C15H18N4O2. The minimum absolute atomic E-state index is 0.214. The molecule has 0 aliphatic rings. The Morgan fingerprint density at radius 1 is 1.29 bits per heavy atom. The number of nitrogens with zero attached hydrogens (tertiary/aromatic N) is 4. The first kappa shape index (κ1) is 14.9. The number of hydrogen-bond acceptors (Lipinski definition) is 5. The van der Waals surface area contributed by atoms with Gasteiger partial charge in [0, 0.05) is 31.9 Å². The molecule has 0 aromatic carbocycles. The van der Waals surface area contributed by atoms with Crippen LogP contribution in [0.4, 0.5) is 5.82 Å². The van der Waals surface area contributed by atoms with Gasteiger partial charge in [0.25, 0.3) is 0 Å². The number of carboxylic acid groups (broad SMARTS) is 1. The van der Waals surface area contributed by atoms with E-state index >= 15 is 0 Å². The molecule has 6 nitrogen and oxygen atoms in total. The first-order valence-electron chi connectivity index (χ1n) is 6.69. The zero-order valence-electron chi connectivity index (χ0n) is 12.4. The summed E-state index contributed by atoms with van der Waals surface area (Å²) in [4.78, 5) is 17.5. The van der Waals surface area contributed by atoms with E-state index in [0.717, 1.165) is 5.69 Å². The molecule has 0 saturated heterocycles. The zero-order chi connectivity index (χ0) is 15.4. The fourth-order valence-corrected chi connectivity index (χ4v) is 2.05. The molecule has 0 unspecified atom stereocenters. The van der Waals surface area contributed by atoms with E-state index in [1.807, 2.05) is 25.2 Å². The number of rotatable bonds is 5. The lowest BCUT2D eigenvalue weighted by Crippen LogP contribution is -2.25. The Morgan fingerprint density at radius 2 is 2.05 bits per heavy atom. The molecule has 110 valence electrons. The summed E-state index contributed by atoms with van der Waals surface area (Å²) < 4.78 is 0. The number of aromatic nitrogens is 3. The molecule has 0 aliphatic carbocycles. The number of likely N-dealkylation sites (N-methyl/N-ethyl adjacent to an activating group) is 1. The van der Waals surface area contributed by atoms with E-state index in [0.29, 0.717) is 30.0 Å². The van der Waals surface area contributed by atoms with E-state index in [4.69, 9.17) is 0 Å². The molecule has 2 rings (SSSR count). The van der Waals surface area contributed by atoms with Crippen LogP contribution in [0.15, 0.2) is 24.4 Å². The van der Waals surface area contributed by atoms with Crippen LogP contribution < -0.4 is 4.90 Å². The van der Waals surface area contributed by atoms with Crippen molar-refractivity contribution in [3.8, 4) is 0 Å². The van der Waals surface area contributed by atoms with Crippen molar-refractivity contribution in [2.45, 2.75) is 20.3 Å². The lowest BCUT2D eigenvalue weighted by atomic mass is 10.1. The Bertz CT molecular complexity index is 644. The summed E-state index contributed by atoms with van der Waals surface area (Å²) in [6.45, 7) is 4.13. The molecule has 2 aromatic heterocycles. The normalized spacial score (nSPS) is 10.4. The van der Waals surface area contributed by atoms with E-state index in [1.165, 1.54) is 0 Å². The highest BCUT2D eigenvalue weighted by Crippen LogP contribution is 2.21. The maximum atomic E-state index is 11.5. The topological polar surface area (TPSA) is 79.2 Å². The van der Waals surface area contributed by atoms with Crippen LogP contribution in [-0.4, -0.2) is 39.8 Å². The average molecular weight is 286 g/mol. The highest BCUT2D eigenvalue weighted by molar-refractivity contribution is 5.95. The summed E-state index contributed by atoms with van der Waals surface area (Å²) in [5, 5.41) is 17.5. The fourth-order valence-electron chi connectivity index (χ4n) is 2.05. The van der Waals surface area contributed by atoms with Crippen molar-refractivity contribution in [3.63, 3.8) is 0 Å². The Balaban J connectivity index is 2.21. The Kier molecular flexibility index (Phi) is 4.47. The molecule has 0 aliphatic heterocycles. The smallest absolute Gasteiger partial charge is 0.339 e. The minimum Gasteiger partial charge on any atom is -0.478 e. The van der Waals surface area contributed by atoms with Crippen molar-refractivity contribution < 1.29 is 9.90 Å². The van der Waals surface area contributed by atoms with Gasteiger partial charge in [-0.1, -0.05) is 6.07 Å². The number of carbonyl (C=O) groups is 1. The maximum absolute atomic E-state index is 11.5. The summed E-state index contributed by atoms with van der Waals surface area (Å²) in [5.74, 6) is -0.591. The second-order valence-electron chi connectivity index (χ2n) is 4.91. The molecule has 0 atom stereocenters. The monoisotopic (exact) mass is 286 g/mol. The maximum Gasteiger partial charge on any atom is 0.339 e. The highest BCUT2D eigenvalue weighted by atomic mass is 16.4. The van der Waals surface area contributed by atoms with Gasteiger partial charge in [0.2, 0.25) is 0 Å². The highest BCUT2D eigenvalue weighted by Gasteiger charge is 2.20. The van der Waals surface area contributed by atoms with Gasteiger partial charge >= 0.3 is 5.97 Å². The van der Waals surface area contributed by atoms with E-state index in [2.05, 4.69) is 15.2 Å². The van der Waals surface area contributed by atoms with Gasteiger partial charge in [0.1, 0.15) is 5.56 Å². The number of pyridine rings is 1. The molecule has 0 spiro atoms. The minimum atomic E-state index is -0.981. The summed E-state index contributed by atoms with van der Waals surface area (Å²) in [5.41, 5.74) is 2.45. The third-order valence-electron chi connectivity index (χ3n) is 3.44. The van der Waals surface area contributed by atoms with Crippen LogP contribution in [0.3, 0.4) is 0 Å². The quantitative estimate of drug-likeness (QED) is 0.904. The van der Waals surface area contributed by atoms with Gasteiger partial charge in [0.15, 0.2) is 5.82 Å². The van der Waals surface area contributed by atoms with E-state index in [1.54, 1.807) is 24.9 Å². The molecule has 0 saturated carbocycles. The van der Waals surface area contributed by atoms with Crippen molar-refractivity contribution in [2.75, 3.05) is 18.5 Å². The molecule has 0 radical (unpaired) electrons. The first-order chi connectivity index (χ1) is 10.0. The Morgan fingerprint density at radius 3 is 2.67 bits per heavy atom. The third kappa shape index (κ3) is 3.34. The number of anilines is 1. The average Bonchev–Trinajstić information content (AvgIpc) is 2.48. The van der Waals surface area contributed by atoms with Crippen LogP contribution >= 0.6 is 0 Å². The van der Waals surface area contributed by atoms with Gasteiger partial charge in [-0.3, -0.25) is 4.98 Å². The predicted octanol–water partition coefficient (Wildman–Crippen LogP) is 1.87. The second kappa shape index (κ2) is 6.30. The molecule has 6 heteroatoms. The Hall–Kier alpha value is -2.50. The summed E-state index contributed by atoms with van der Waals surface area (Å²) >= 11 is 0. The third-order valence-corrected chi connectivity index (χ3v) is 3.44. The van der Waals surface area contributed by atoms with Crippen molar-refractivity contribution >= 4 is 11.8 Å². The van der Waals surface area contributed by atoms with Crippen LogP contribution in [-0.2, 0) is 6.42 Å². The van der Waals surface area contributed by atoms with Gasteiger partial charge in [0.05, 0.1) is 5.69 Å². The molecule has 21 heavy (non-hydrogen) atoms. The van der Waals surface area contributed by atoms with Crippen LogP contribution in [0.1, 0.15) is 27.3 Å². The van der Waals surface area contributed by atoms with Crippen molar-refractivity contribution in [1.29, 1.82) is 0 Å². The first-order valence-corrected chi connectivity index (χ1v) is 6.69. The van der Waals surface area contributed by atoms with Crippen LogP contribution in [0, 0.1) is 13.8 Å². The van der Waals surface area contributed by atoms with Gasteiger partial charge in [-0.15, -0.1) is 5.10 Å². The second-order valence-corrected chi connectivity index (χ2v) is 4.91. The van der Waals surface area contributed by atoms with Gasteiger partial charge in [-0.05, 0) is 31.5 Å². The van der Waals surface area contributed by atoms with E-state index in [9.17, 15) is 9.90 Å². The van der Waals surface area contributed by atoms with E-state index < -0.39 is 5.97 Å². The lowest BCUT2D eigenvalue weighted by Gasteiger charge is -2.20. The molecule has 2 aromatic rings. The largest absolute Gasteiger partial charge is 0.478 e. The van der Waals surface area contributed by atoms with Gasteiger partial charge < -0.3 is 10.0 Å². The number of aryl methyl sites for hydroxylation is 1. The molecule has 0 bridgehead atoms. The fraction of sp³-hybridized carbons (Fsp3) is 0.333. The van der Waals surface area contributed by atoms with E-state index in [-0.39, 0.29) is 5.56 Å². The molecular weight excluding hydrogens is 268 g/mol. The number of hydrogen-bond donors (Lipinski definition) is 1. The molecule has 0 amide bonds. The van der Waals surface area contributed by atoms with Crippen LogP contribution in [0.5, 0.6) is 0 Å². The predicted molar refractivity (Wildman–Crippen MR) is 79.7 cm³/mol. The van der Waals surface area contributed by atoms with Crippen molar-refractivity contribution in [3.05, 3.63) is 46.9 Å². The molecule has 2 heterocycles. The molecule has 0 fully saturated rings. The summed E-state index contributed by atoms with van der Waals surface area (Å²) in [7, 11) is 1.81. The summed E-state index contributed by atoms with van der Waals surface area (Å²) in [6, 6.07) is 5.74.